The van der Waals surface area contributed by atoms with Gasteiger partial charge in [-0.1, -0.05) is 41.6 Å². The molecule has 19 heavy (non-hydrogen) atoms. The first-order valence-electron chi connectivity index (χ1n) is 6.54. The fourth-order valence-corrected chi connectivity index (χ4v) is 2.10. The van der Waals surface area contributed by atoms with Crippen molar-refractivity contribution < 1.29 is 9.84 Å². The lowest BCUT2D eigenvalue weighted by Gasteiger charge is -2.17. The van der Waals surface area contributed by atoms with Gasteiger partial charge in [-0.15, -0.1) is 5.73 Å². The SMILES string of the molecule is C=C=CC(COCCC)CC(O)c1ccc(Br)cc1. The summed E-state index contributed by atoms with van der Waals surface area (Å²) in [5.74, 6) is 0.141. The second-order valence-corrected chi connectivity index (χ2v) is 5.42. The first-order valence-corrected chi connectivity index (χ1v) is 7.33. The van der Waals surface area contributed by atoms with Crippen LogP contribution in [0.4, 0.5) is 0 Å². The van der Waals surface area contributed by atoms with Gasteiger partial charge in [0.15, 0.2) is 0 Å². The van der Waals surface area contributed by atoms with Crippen LogP contribution < -0.4 is 0 Å². The standard InChI is InChI=1S/C16H21BrO2/c1-3-5-13(12-19-10-4-2)11-16(18)14-6-8-15(17)9-7-14/h5-9,13,16,18H,1,4,10-12H2,2H3. The summed E-state index contributed by atoms with van der Waals surface area (Å²) in [5, 5.41) is 10.2. The van der Waals surface area contributed by atoms with Gasteiger partial charge in [-0.3, -0.25) is 0 Å². The number of halogens is 1. The fourth-order valence-electron chi connectivity index (χ4n) is 1.84. The van der Waals surface area contributed by atoms with Gasteiger partial charge in [0.25, 0.3) is 0 Å². The second kappa shape index (κ2) is 9.11. The van der Waals surface area contributed by atoms with Crippen molar-refractivity contribution in [3.63, 3.8) is 0 Å². The van der Waals surface area contributed by atoms with Crippen molar-refractivity contribution in [2.24, 2.45) is 5.92 Å². The van der Waals surface area contributed by atoms with Crippen molar-refractivity contribution in [2.75, 3.05) is 13.2 Å². The lowest BCUT2D eigenvalue weighted by Crippen LogP contribution is -2.12. The molecule has 0 saturated carbocycles. The van der Waals surface area contributed by atoms with E-state index >= 15 is 0 Å². The molecule has 104 valence electrons. The van der Waals surface area contributed by atoms with Gasteiger partial charge >= 0.3 is 0 Å². The van der Waals surface area contributed by atoms with Gasteiger partial charge in [-0.25, -0.2) is 0 Å². The Morgan fingerprint density at radius 1 is 1.42 bits per heavy atom. The third kappa shape index (κ3) is 6.22. The molecule has 0 amide bonds. The number of ether oxygens (including phenoxy) is 1. The van der Waals surface area contributed by atoms with E-state index in [-0.39, 0.29) is 5.92 Å². The molecule has 2 nitrogen and oxygen atoms in total. The molecule has 1 aromatic rings. The van der Waals surface area contributed by atoms with E-state index in [1.807, 2.05) is 30.3 Å². The Morgan fingerprint density at radius 2 is 2.11 bits per heavy atom. The predicted octanol–water partition coefficient (Wildman–Crippen LogP) is 4.26. The Morgan fingerprint density at radius 3 is 2.68 bits per heavy atom. The zero-order valence-corrected chi connectivity index (χ0v) is 12.9. The number of aliphatic hydroxyl groups excluding tert-OH is 1. The summed E-state index contributed by atoms with van der Waals surface area (Å²) >= 11 is 3.39. The van der Waals surface area contributed by atoms with Crippen LogP contribution >= 0.6 is 15.9 Å². The van der Waals surface area contributed by atoms with Crippen molar-refractivity contribution in [1.82, 2.24) is 0 Å². The minimum atomic E-state index is -0.493. The first kappa shape index (κ1) is 16.2. The summed E-state index contributed by atoms with van der Waals surface area (Å²) in [6, 6.07) is 7.72. The Balaban J connectivity index is 2.57. The van der Waals surface area contributed by atoms with E-state index in [0.29, 0.717) is 13.0 Å². The van der Waals surface area contributed by atoms with Crippen LogP contribution in [0.25, 0.3) is 0 Å². The summed E-state index contributed by atoms with van der Waals surface area (Å²) in [5.41, 5.74) is 3.70. The number of benzene rings is 1. The van der Waals surface area contributed by atoms with Crippen LogP contribution in [-0.4, -0.2) is 18.3 Å². The summed E-state index contributed by atoms with van der Waals surface area (Å²) in [4.78, 5) is 0. The van der Waals surface area contributed by atoms with E-state index in [2.05, 4.69) is 35.2 Å². The molecule has 0 spiro atoms. The highest BCUT2D eigenvalue weighted by molar-refractivity contribution is 9.10. The van der Waals surface area contributed by atoms with Gasteiger partial charge in [0.05, 0.1) is 12.7 Å². The van der Waals surface area contributed by atoms with Crippen molar-refractivity contribution in [1.29, 1.82) is 0 Å². The Labute approximate surface area is 123 Å². The minimum absolute atomic E-state index is 0.141. The van der Waals surface area contributed by atoms with Gasteiger partial charge in [-0.05, 0) is 36.6 Å². The van der Waals surface area contributed by atoms with Crippen LogP contribution in [0.15, 0.2) is 47.1 Å². The summed E-state index contributed by atoms with van der Waals surface area (Å²) < 4.78 is 6.55. The van der Waals surface area contributed by atoms with Crippen LogP contribution in [0.2, 0.25) is 0 Å². The molecule has 1 N–H and O–H groups in total. The average molecular weight is 325 g/mol. The molecule has 3 heteroatoms. The number of hydrogen-bond donors (Lipinski definition) is 1. The highest BCUT2D eigenvalue weighted by atomic mass is 79.9. The van der Waals surface area contributed by atoms with Crippen molar-refractivity contribution in [3.05, 3.63) is 52.7 Å². The lowest BCUT2D eigenvalue weighted by atomic mass is 9.97. The van der Waals surface area contributed by atoms with E-state index in [4.69, 9.17) is 4.74 Å². The van der Waals surface area contributed by atoms with Crippen LogP contribution in [0, 0.1) is 5.92 Å². The zero-order chi connectivity index (χ0) is 14.1. The highest BCUT2D eigenvalue weighted by Crippen LogP contribution is 2.23. The van der Waals surface area contributed by atoms with Crippen molar-refractivity contribution in [3.8, 4) is 0 Å². The maximum Gasteiger partial charge on any atom is 0.0796 e. The molecule has 0 aliphatic heterocycles. The number of hydrogen-bond acceptors (Lipinski definition) is 2. The van der Waals surface area contributed by atoms with Crippen molar-refractivity contribution in [2.45, 2.75) is 25.9 Å². The van der Waals surface area contributed by atoms with Crippen LogP contribution in [0.3, 0.4) is 0 Å². The average Bonchev–Trinajstić information content (AvgIpc) is 2.40. The minimum Gasteiger partial charge on any atom is -0.388 e. The van der Waals surface area contributed by atoms with Gasteiger partial charge < -0.3 is 9.84 Å². The molecule has 2 unspecified atom stereocenters. The van der Waals surface area contributed by atoms with Gasteiger partial charge in [0.1, 0.15) is 0 Å². The van der Waals surface area contributed by atoms with Gasteiger partial charge in [-0.2, -0.15) is 0 Å². The molecule has 0 radical (unpaired) electrons. The molecule has 0 aromatic heterocycles. The highest BCUT2D eigenvalue weighted by Gasteiger charge is 2.14. The molecular formula is C16H21BrO2. The maximum absolute atomic E-state index is 10.2. The van der Waals surface area contributed by atoms with Gasteiger partial charge in [0.2, 0.25) is 0 Å². The zero-order valence-electron chi connectivity index (χ0n) is 11.3. The number of rotatable bonds is 8. The predicted molar refractivity (Wildman–Crippen MR) is 82.0 cm³/mol. The molecule has 0 bridgehead atoms. The third-order valence-corrected chi connectivity index (χ3v) is 3.34. The van der Waals surface area contributed by atoms with Crippen LogP contribution in [0.5, 0.6) is 0 Å². The monoisotopic (exact) mass is 324 g/mol. The Bertz CT molecular complexity index is 407. The fraction of sp³-hybridized carbons (Fsp3) is 0.438. The third-order valence-electron chi connectivity index (χ3n) is 2.81. The molecular weight excluding hydrogens is 304 g/mol. The molecule has 0 saturated heterocycles. The van der Waals surface area contributed by atoms with E-state index in [1.54, 1.807) is 0 Å². The Kier molecular flexibility index (Phi) is 7.76. The van der Waals surface area contributed by atoms with Gasteiger partial charge in [0, 0.05) is 17.0 Å². The Hall–Kier alpha value is -0.860. The van der Waals surface area contributed by atoms with Crippen LogP contribution in [-0.2, 0) is 4.74 Å². The topological polar surface area (TPSA) is 29.5 Å². The van der Waals surface area contributed by atoms with E-state index in [1.165, 1.54) is 0 Å². The van der Waals surface area contributed by atoms with Crippen LogP contribution in [0.1, 0.15) is 31.4 Å². The quantitative estimate of drug-likeness (QED) is 0.572. The maximum atomic E-state index is 10.2. The number of aliphatic hydroxyl groups is 1. The summed E-state index contributed by atoms with van der Waals surface area (Å²) in [7, 11) is 0. The normalized spacial score (nSPS) is 13.6. The molecule has 0 fully saturated rings. The van der Waals surface area contributed by atoms with Crippen molar-refractivity contribution >= 4 is 15.9 Å². The lowest BCUT2D eigenvalue weighted by molar-refractivity contribution is 0.0830. The smallest absolute Gasteiger partial charge is 0.0796 e. The first-order chi connectivity index (χ1) is 9.17. The molecule has 1 aromatic carbocycles. The summed E-state index contributed by atoms with van der Waals surface area (Å²) in [6.07, 6.45) is 3.00. The molecule has 0 heterocycles. The largest absolute Gasteiger partial charge is 0.388 e. The molecule has 0 aliphatic carbocycles. The van der Waals surface area contributed by atoms with E-state index in [0.717, 1.165) is 23.1 Å². The molecule has 0 aliphatic rings. The van der Waals surface area contributed by atoms with E-state index < -0.39 is 6.10 Å². The second-order valence-electron chi connectivity index (χ2n) is 4.51. The summed E-state index contributed by atoms with van der Waals surface area (Å²) in [6.45, 7) is 7.02. The molecule has 2 atom stereocenters. The molecule has 1 rings (SSSR count). The van der Waals surface area contributed by atoms with E-state index in [9.17, 15) is 5.11 Å².